The van der Waals surface area contributed by atoms with Gasteiger partial charge in [-0.15, -0.1) is 0 Å². The van der Waals surface area contributed by atoms with Crippen LogP contribution in [0.5, 0.6) is 0 Å². The van der Waals surface area contributed by atoms with Crippen molar-refractivity contribution in [3.8, 4) is 22.3 Å². The van der Waals surface area contributed by atoms with Crippen LogP contribution < -0.4 is 0 Å². The van der Waals surface area contributed by atoms with E-state index in [1.54, 1.807) is 0 Å². The molecule has 0 fully saturated rings. The molecule has 210 valence electrons. The van der Waals surface area contributed by atoms with Gasteiger partial charge in [-0.3, -0.25) is 0 Å². The Labute approximate surface area is 263 Å². The zero-order valence-corrected chi connectivity index (χ0v) is 24.9. The van der Waals surface area contributed by atoms with Crippen molar-refractivity contribution in [2.75, 3.05) is 0 Å². The van der Waals surface area contributed by atoms with Crippen LogP contribution in [0.15, 0.2) is 164 Å². The molecule has 0 unspecified atom stereocenters. The van der Waals surface area contributed by atoms with Crippen LogP contribution in [0.2, 0.25) is 0 Å². The summed E-state index contributed by atoms with van der Waals surface area (Å²) in [5.41, 5.74) is 10.2. The molecule has 0 N–H and O–H groups in total. The Morgan fingerprint density at radius 1 is 0.378 bits per heavy atom. The molecule has 0 heterocycles. The Kier molecular flexibility index (Phi) is 5.99. The Morgan fingerprint density at radius 2 is 0.911 bits per heavy atom. The quantitative estimate of drug-likeness (QED) is 0.185. The standard InChI is InChI=1S/C45H30/c1-2-12-31(13-3-1)44-39-18-8-10-20-41(39)45(42-21-11-9-19-40(42)44)32-24-22-30(23-25-32)36-16-6-7-17-37-38(36)27-26-35-28-33-14-4-5-15-34(33)29-43(35)37/h1-5,7-29H,6H2. The molecule has 9 rings (SSSR count). The second kappa shape index (κ2) is 10.5. The van der Waals surface area contributed by atoms with Gasteiger partial charge >= 0.3 is 0 Å². The van der Waals surface area contributed by atoms with Crippen LogP contribution in [0.3, 0.4) is 0 Å². The van der Waals surface area contributed by atoms with Gasteiger partial charge in [-0.1, -0.05) is 158 Å². The van der Waals surface area contributed by atoms with Crippen LogP contribution in [-0.4, -0.2) is 0 Å². The van der Waals surface area contributed by atoms with E-state index in [4.69, 9.17) is 0 Å². The number of benzene rings is 8. The van der Waals surface area contributed by atoms with Gasteiger partial charge in [0.05, 0.1) is 0 Å². The minimum Gasteiger partial charge on any atom is -0.0801 e. The molecular weight excluding hydrogens is 540 g/mol. The molecule has 0 amide bonds. The molecule has 1 aliphatic rings. The van der Waals surface area contributed by atoms with Crippen LogP contribution in [0.25, 0.3) is 77.0 Å². The van der Waals surface area contributed by atoms with Crippen molar-refractivity contribution >= 4 is 54.7 Å². The van der Waals surface area contributed by atoms with Crippen molar-refractivity contribution in [3.05, 3.63) is 181 Å². The predicted molar refractivity (Wildman–Crippen MR) is 195 cm³/mol. The minimum absolute atomic E-state index is 0.914. The van der Waals surface area contributed by atoms with Crippen molar-refractivity contribution in [1.82, 2.24) is 0 Å². The van der Waals surface area contributed by atoms with Crippen molar-refractivity contribution in [2.24, 2.45) is 0 Å². The molecule has 0 heteroatoms. The van der Waals surface area contributed by atoms with Gasteiger partial charge in [0.25, 0.3) is 0 Å². The average molecular weight is 571 g/mol. The lowest BCUT2D eigenvalue weighted by Gasteiger charge is -2.18. The lowest BCUT2D eigenvalue weighted by atomic mass is 9.85. The van der Waals surface area contributed by atoms with Crippen molar-refractivity contribution in [1.29, 1.82) is 0 Å². The van der Waals surface area contributed by atoms with Crippen LogP contribution in [-0.2, 0) is 0 Å². The van der Waals surface area contributed by atoms with Gasteiger partial charge in [0.15, 0.2) is 0 Å². The molecule has 0 aliphatic heterocycles. The minimum atomic E-state index is 0.914. The second-order valence-electron chi connectivity index (χ2n) is 12.0. The van der Waals surface area contributed by atoms with Gasteiger partial charge in [-0.2, -0.15) is 0 Å². The van der Waals surface area contributed by atoms with Crippen LogP contribution >= 0.6 is 0 Å². The zero-order valence-electron chi connectivity index (χ0n) is 24.9. The number of hydrogen-bond donors (Lipinski definition) is 0. The number of rotatable bonds is 3. The molecule has 0 saturated carbocycles. The normalized spacial score (nSPS) is 12.8. The third-order valence-electron chi connectivity index (χ3n) is 9.44. The van der Waals surface area contributed by atoms with Crippen molar-refractivity contribution in [2.45, 2.75) is 6.42 Å². The van der Waals surface area contributed by atoms with E-state index in [0.717, 1.165) is 6.42 Å². The molecule has 0 spiro atoms. The van der Waals surface area contributed by atoms with Gasteiger partial charge in [0.1, 0.15) is 0 Å². The number of hydrogen-bond acceptors (Lipinski definition) is 0. The van der Waals surface area contributed by atoms with E-state index in [9.17, 15) is 0 Å². The summed E-state index contributed by atoms with van der Waals surface area (Å²) in [7, 11) is 0. The molecule has 8 aromatic carbocycles. The van der Waals surface area contributed by atoms with Gasteiger partial charge in [-0.25, -0.2) is 0 Å². The molecule has 45 heavy (non-hydrogen) atoms. The zero-order chi connectivity index (χ0) is 29.7. The average Bonchev–Trinajstić information content (AvgIpc) is 3.33. The summed E-state index contributed by atoms with van der Waals surface area (Å²) in [5.74, 6) is 0. The maximum Gasteiger partial charge on any atom is -0.00264 e. The summed E-state index contributed by atoms with van der Waals surface area (Å²) in [6.07, 6.45) is 7.90. The summed E-state index contributed by atoms with van der Waals surface area (Å²) in [6.45, 7) is 0. The summed E-state index contributed by atoms with van der Waals surface area (Å²) in [4.78, 5) is 0. The summed E-state index contributed by atoms with van der Waals surface area (Å²) in [6, 6.07) is 55.7. The maximum absolute atomic E-state index is 2.38. The fourth-order valence-electron chi connectivity index (χ4n) is 7.38. The number of allylic oxidation sites excluding steroid dienone is 2. The van der Waals surface area contributed by atoms with Crippen molar-refractivity contribution in [3.63, 3.8) is 0 Å². The highest BCUT2D eigenvalue weighted by atomic mass is 14.2. The Hall–Kier alpha value is -5.72. The monoisotopic (exact) mass is 570 g/mol. The fraction of sp³-hybridized carbons (Fsp3) is 0.0222. The third kappa shape index (κ3) is 4.22. The third-order valence-corrected chi connectivity index (χ3v) is 9.44. The van der Waals surface area contributed by atoms with Crippen molar-refractivity contribution < 1.29 is 0 Å². The first kappa shape index (κ1) is 25.7. The summed E-state index contributed by atoms with van der Waals surface area (Å²) in [5, 5.41) is 10.3. The number of fused-ring (bicyclic) bond motifs is 6. The molecule has 1 aliphatic carbocycles. The Balaban J connectivity index is 1.20. The van der Waals surface area contributed by atoms with E-state index in [1.165, 1.54) is 87.6 Å². The molecule has 0 aromatic heterocycles. The van der Waals surface area contributed by atoms with E-state index in [0.29, 0.717) is 0 Å². The van der Waals surface area contributed by atoms with E-state index < -0.39 is 0 Å². The van der Waals surface area contributed by atoms with Gasteiger partial charge < -0.3 is 0 Å². The topological polar surface area (TPSA) is 0 Å². The Bertz CT molecular complexity index is 2420. The molecule has 8 aromatic rings. The van der Waals surface area contributed by atoms with E-state index in [2.05, 4.69) is 170 Å². The SMILES string of the molecule is C1=Cc2c(ccc3cc4ccccc4cc23)C(c2ccc(-c3c4ccccc4c(-c4ccccc4)c4ccccc34)cc2)=CC1. The fourth-order valence-corrected chi connectivity index (χ4v) is 7.38. The van der Waals surface area contributed by atoms with Gasteiger partial charge in [0, 0.05) is 0 Å². The summed E-state index contributed by atoms with van der Waals surface area (Å²) >= 11 is 0. The van der Waals surface area contributed by atoms with E-state index >= 15 is 0 Å². The predicted octanol–water partition coefficient (Wildman–Crippen LogP) is 12.5. The van der Waals surface area contributed by atoms with E-state index in [1.807, 2.05) is 0 Å². The van der Waals surface area contributed by atoms with Crippen LogP contribution in [0, 0.1) is 0 Å². The largest absolute Gasteiger partial charge is 0.0801 e. The highest BCUT2D eigenvalue weighted by Gasteiger charge is 2.18. The van der Waals surface area contributed by atoms with Crippen LogP contribution in [0.4, 0.5) is 0 Å². The van der Waals surface area contributed by atoms with E-state index in [-0.39, 0.29) is 0 Å². The smallest absolute Gasteiger partial charge is 0.00264 e. The maximum atomic E-state index is 2.38. The van der Waals surface area contributed by atoms with Gasteiger partial charge in [0.2, 0.25) is 0 Å². The molecule has 0 saturated heterocycles. The summed E-state index contributed by atoms with van der Waals surface area (Å²) < 4.78 is 0. The molecule has 0 radical (unpaired) electrons. The first-order chi connectivity index (χ1) is 22.3. The van der Waals surface area contributed by atoms with Gasteiger partial charge in [-0.05, 0) is 106 Å². The lowest BCUT2D eigenvalue weighted by molar-refractivity contribution is 1.41. The molecule has 0 atom stereocenters. The Morgan fingerprint density at radius 3 is 1.56 bits per heavy atom. The second-order valence-corrected chi connectivity index (χ2v) is 12.0. The molecule has 0 nitrogen and oxygen atoms in total. The van der Waals surface area contributed by atoms with Crippen LogP contribution in [0.1, 0.15) is 23.1 Å². The highest BCUT2D eigenvalue weighted by Crippen LogP contribution is 2.44. The first-order valence-corrected chi connectivity index (χ1v) is 15.8. The first-order valence-electron chi connectivity index (χ1n) is 15.8. The lowest BCUT2D eigenvalue weighted by Crippen LogP contribution is -1.94. The molecular formula is C45H30. The molecule has 0 bridgehead atoms. The highest BCUT2D eigenvalue weighted by molar-refractivity contribution is 6.21.